The Balaban J connectivity index is 1.70. The average Bonchev–Trinajstić information content (AvgIpc) is 2.61. The van der Waals surface area contributed by atoms with Crippen LogP contribution in [0.4, 0.5) is 0 Å². The van der Waals surface area contributed by atoms with Gasteiger partial charge in [0.2, 0.25) is 5.91 Å². The molecule has 0 unspecified atom stereocenters. The van der Waals surface area contributed by atoms with Crippen LogP contribution in [0.1, 0.15) is 16.7 Å². The van der Waals surface area contributed by atoms with Gasteiger partial charge < -0.3 is 10.0 Å². The summed E-state index contributed by atoms with van der Waals surface area (Å²) >= 11 is 0. The smallest absolute Gasteiger partial charge is 0.326 e. The second kappa shape index (κ2) is 7.44. The fraction of sp³-hybridized carbons (Fsp3) is 0.316. The Morgan fingerprint density at radius 3 is 2.56 bits per heavy atom. The molecule has 0 radical (unpaired) electrons. The van der Waals surface area contributed by atoms with E-state index in [1.807, 2.05) is 48.3 Å². The maximum atomic E-state index is 12.7. The molecule has 130 valence electrons. The molecule has 0 saturated heterocycles. The second-order valence-corrected chi connectivity index (χ2v) is 6.38. The van der Waals surface area contributed by atoms with Gasteiger partial charge in [-0.15, -0.1) is 0 Å². The van der Waals surface area contributed by atoms with Crippen LogP contribution in [0.25, 0.3) is 0 Å². The van der Waals surface area contributed by atoms with Gasteiger partial charge in [-0.3, -0.25) is 14.7 Å². The van der Waals surface area contributed by atoms with Crippen molar-refractivity contribution in [3.63, 3.8) is 0 Å². The number of aliphatic carboxylic acids is 1. The number of aromatic nitrogens is 1. The highest BCUT2D eigenvalue weighted by Gasteiger charge is 2.34. The summed E-state index contributed by atoms with van der Waals surface area (Å²) < 4.78 is 0. The lowest BCUT2D eigenvalue weighted by Crippen LogP contribution is -2.51. The van der Waals surface area contributed by atoms with Crippen LogP contribution in [0.5, 0.6) is 0 Å². The normalized spacial score (nSPS) is 16.6. The van der Waals surface area contributed by atoms with E-state index in [0.29, 0.717) is 19.5 Å². The topological polar surface area (TPSA) is 73.7 Å². The third-order valence-electron chi connectivity index (χ3n) is 4.46. The van der Waals surface area contributed by atoms with E-state index in [1.165, 1.54) is 4.90 Å². The molecule has 6 heteroatoms. The van der Waals surface area contributed by atoms with Crippen molar-refractivity contribution in [1.82, 2.24) is 14.8 Å². The van der Waals surface area contributed by atoms with E-state index in [0.717, 1.165) is 16.7 Å². The molecule has 6 nitrogen and oxygen atoms in total. The number of benzene rings is 1. The SMILES string of the molecule is CN(CC(=O)N1Cc2ccccc2C[C@@H]1C(=O)O)Cc1ccncc1. The van der Waals surface area contributed by atoms with Gasteiger partial charge in [-0.1, -0.05) is 24.3 Å². The highest BCUT2D eigenvalue weighted by atomic mass is 16.4. The van der Waals surface area contributed by atoms with Gasteiger partial charge in [0, 0.05) is 31.9 Å². The first-order valence-corrected chi connectivity index (χ1v) is 8.21. The third kappa shape index (κ3) is 4.03. The maximum Gasteiger partial charge on any atom is 0.326 e. The molecule has 2 heterocycles. The molecule has 2 aromatic rings. The van der Waals surface area contributed by atoms with Crippen molar-refractivity contribution in [3.05, 3.63) is 65.5 Å². The first-order chi connectivity index (χ1) is 12.0. The first-order valence-electron chi connectivity index (χ1n) is 8.21. The number of fused-ring (bicyclic) bond motifs is 1. The van der Waals surface area contributed by atoms with E-state index >= 15 is 0 Å². The fourth-order valence-electron chi connectivity index (χ4n) is 3.18. The lowest BCUT2D eigenvalue weighted by Gasteiger charge is -2.35. The predicted molar refractivity (Wildman–Crippen MR) is 92.7 cm³/mol. The van der Waals surface area contributed by atoms with Gasteiger partial charge >= 0.3 is 5.97 Å². The molecule has 1 aromatic heterocycles. The summed E-state index contributed by atoms with van der Waals surface area (Å²) in [5.74, 6) is -1.13. The number of nitrogens with zero attached hydrogens (tertiary/aromatic N) is 3. The van der Waals surface area contributed by atoms with Gasteiger partial charge in [0.05, 0.1) is 6.54 Å². The van der Waals surface area contributed by atoms with Crippen LogP contribution in [0.2, 0.25) is 0 Å². The van der Waals surface area contributed by atoms with E-state index in [9.17, 15) is 14.7 Å². The fourth-order valence-corrected chi connectivity index (χ4v) is 3.18. The van der Waals surface area contributed by atoms with E-state index < -0.39 is 12.0 Å². The Bertz CT molecular complexity index is 764. The van der Waals surface area contributed by atoms with Crippen molar-refractivity contribution in [2.45, 2.75) is 25.6 Å². The second-order valence-electron chi connectivity index (χ2n) is 6.38. The van der Waals surface area contributed by atoms with Gasteiger partial charge in [-0.25, -0.2) is 4.79 Å². The molecule has 1 atom stereocenters. The van der Waals surface area contributed by atoms with Crippen LogP contribution in [0.3, 0.4) is 0 Å². The van der Waals surface area contributed by atoms with Crippen LogP contribution in [-0.4, -0.2) is 51.4 Å². The zero-order valence-corrected chi connectivity index (χ0v) is 14.1. The van der Waals surface area contributed by atoms with Crippen molar-refractivity contribution in [2.24, 2.45) is 0 Å². The van der Waals surface area contributed by atoms with Crippen LogP contribution >= 0.6 is 0 Å². The summed E-state index contributed by atoms with van der Waals surface area (Å²) in [7, 11) is 1.85. The number of carbonyl (C=O) groups is 2. The number of hydrogen-bond acceptors (Lipinski definition) is 4. The Morgan fingerprint density at radius 2 is 1.88 bits per heavy atom. The summed E-state index contributed by atoms with van der Waals surface area (Å²) in [4.78, 5) is 31.7. The molecular formula is C19H21N3O3. The van der Waals surface area contributed by atoms with Crippen LogP contribution in [-0.2, 0) is 29.1 Å². The quantitative estimate of drug-likeness (QED) is 0.895. The van der Waals surface area contributed by atoms with E-state index in [2.05, 4.69) is 4.98 Å². The van der Waals surface area contributed by atoms with Crippen LogP contribution in [0, 0.1) is 0 Å². The number of rotatable bonds is 5. The van der Waals surface area contributed by atoms with E-state index in [1.54, 1.807) is 12.4 Å². The van der Waals surface area contributed by atoms with Gasteiger partial charge in [0.25, 0.3) is 0 Å². The first kappa shape index (κ1) is 17.1. The zero-order valence-electron chi connectivity index (χ0n) is 14.1. The molecular weight excluding hydrogens is 318 g/mol. The Morgan fingerprint density at radius 1 is 1.20 bits per heavy atom. The largest absolute Gasteiger partial charge is 0.480 e. The van der Waals surface area contributed by atoms with Crippen LogP contribution < -0.4 is 0 Å². The number of carbonyl (C=O) groups excluding carboxylic acids is 1. The molecule has 0 saturated carbocycles. The molecule has 3 rings (SSSR count). The summed E-state index contributed by atoms with van der Waals surface area (Å²) in [6.07, 6.45) is 3.78. The van der Waals surface area contributed by atoms with Crippen molar-refractivity contribution < 1.29 is 14.7 Å². The Labute approximate surface area is 146 Å². The van der Waals surface area contributed by atoms with E-state index in [-0.39, 0.29) is 12.5 Å². The molecule has 1 N–H and O–H groups in total. The van der Waals surface area contributed by atoms with Crippen molar-refractivity contribution in [2.75, 3.05) is 13.6 Å². The summed E-state index contributed by atoms with van der Waals surface area (Å²) in [5.41, 5.74) is 3.08. The minimum Gasteiger partial charge on any atom is -0.480 e. The van der Waals surface area contributed by atoms with Crippen molar-refractivity contribution >= 4 is 11.9 Å². The number of likely N-dealkylation sites (N-methyl/N-ethyl adjacent to an activating group) is 1. The zero-order chi connectivity index (χ0) is 17.8. The Kier molecular flexibility index (Phi) is 5.09. The van der Waals surface area contributed by atoms with Gasteiger partial charge in [0.1, 0.15) is 6.04 Å². The lowest BCUT2D eigenvalue weighted by molar-refractivity contribution is -0.151. The Hall–Kier alpha value is -2.73. The van der Waals surface area contributed by atoms with Crippen molar-refractivity contribution in [3.8, 4) is 0 Å². The highest BCUT2D eigenvalue weighted by molar-refractivity contribution is 5.85. The monoisotopic (exact) mass is 339 g/mol. The molecule has 0 bridgehead atoms. The summed E-state index contributed by atoms with van der Waals surface area (Å²) in [6.45, 7) is 1.12. The average molecular weight is 339 g/mol. The van der Waals surface area contributed by atoms with Gasteiger partial charge in [-0.2, -0.15) is 0 Å². The molecule has 1 aliphatic rings. The minimum atomic E-state index is -0.959. The minimum absolute atomic E-state index is 0.168. The van der Waals surface area contributed by atoms with Gasteiger partial charge in [-0.05, 0) is 35.9 Å². The standard InChI is InChI=1S/C19H21N3O3/c1-21(11-14-6-8-20-9-7-14)13-18(23)22-12-16-5-3-2-4-15(16)10-17(22)19(24)25/h2-9,17H,10-13H2,1H3,(H,24,25)/t17-/m1/s1. The van der Waals surface area contributed by atoms with Crippen LogP contribution in [0.15, 0.2) is 48.8 Å². The van der Waals surface area contributed by atoms with E-state index in [4.69, 9.17) is 0 Å². The number of pyridine rings is 1. The maximum absolute atomic E-state index is 12.7. The molecule has 1 aromatic carbocycles. The highest BCUT2D eigenvalue weighted by Crippen LogP contribution is 2.23. The number of carboxylic acids is 1. The molecule has 0 aliphatic carbocycles. The molecule has 1 aliphatic heterocycles. The van der Waals surface area contributed by atoms with Crippen molar-refractivity contribution in [1.29, 1.82) is 0 Å². The number of hydrogen-bond donors (Lipinski definition) is 1. The lowest BCUT2D eigenvalue weighted by atomic mass is 9.94. The molecule has 25 heavy (non-hydrogen) atoms. The molecule has 0 spiro atoms. The number of amides is 1. The number of carboxylic acid groups (broad SMARTS) is 1. The summed E-state index contributed by atoms with van der Waals surface area (Å²) in [5, 5.41) is 9.54. The van der Waals surface area contributed by atoms with Gasteiger partial charge in [0.15, 0.2) is 0 Å². The third-order valence-corrected chi connectivity index (χ3v) is 4.46. The summed E-state index contributed by atoms with van der Waals surface area (Å²) in [6, 6.07) is 10.7. The molecule has 1 amide bonds. The predicted octanol–water partition coefficient (Wildman–Crippen LogP) is 1.55. The molecule has 0 fully saturated rings.